The first-order valence-electron chi connectivity index (χ1n) is 31.7. The maximum Gasteiger partial charge on any atom is 0.498 e. The summed E-state index contributed by atoms with van der Waals surface area (Å²) in [5.74, 6) is -0.0579. The van der Waals surface area contributed by atoms with Gasteiger partial charge in [-0.1, -0.05) is 37.9 Å². The van der Waals surface area contributed by atoms with Gasteiger partial charge in [-0.3, -0.25) is 33.2 Å². The Hall–Kier alpha value is -8.68. The highest BCUT2D eigenvalue weighted by atomic mass is 35.5. The van der Waals surface area contributed by atoms with Crippen LogP contribution in [0.4, 0.5) is 0 Å². The van der Waals surface area contributed by atoms with Gasteiger partial charge in [0, 0.05) is 90.0 Å². The molecule has 2 unspecified atom stereocenters. The predicted octanol–water partition coefficient (Wildman–Crippen LogP) is 13.0. The third-order valence-corrected chi connectivity index (χ3v) is 16.0. The Morgan fingerprint density at radius 2 is 1.08 bits per heavy atom. The molecule has 1 saturated carbocycles. The molecule has 0 radical (unpaired) electrons. The van der Waals surface area contributed by atoms with E-state index >= 15 is 0 Å². The topological polar surface area (TPSA) is 296 Å². The van der Waals surface area contributed by atoms with Crippen LogP contribution in [-0.4, -0.2) is 123 Å². The van der Waals surface area contributed by atoms with Crippen LogP contribution >= 0.6 is 11.6 Å². The number of nitrogens with zero attached hydrogens (tertiary/aromatic N) is 15. The molecule has 28 heteroatoms. The molecule has 0 amide bonds. The standard InChI is InChI=1S/C19H25N5O3.C15H17N5O2.C13H23BN2O3.C12H14ClN3O2.C8H11N.CH4/c1-6-26-13(2)24-10-14(9-22-24)16-15-7-8-23(17(15)21-11-20-16)12-27-18(25)19(3,4)5;1-15(2,3)14(21)22-9-20-5-4-11-12(10-6-18-19-7-10)16-8-17-13(11)20;1-7-17-10(2)16-9-11(8-15-16)14-18-12(3,4)13(5,6)19-14;1-12(2,3)11(17)18-7-16-5-4-8-9(13)14-6-15-10(8)16;9-7-3-6-8-4-1-2-5-8;/h7-11,13H,6,12H2,1-5H3;4-8H,9H2,1-3H3,(H,18,19);8-10H,7H2,1-6H3;4-6H,7H2,1-3H3;3,6,8H,1-2,4-5H2;1H4. The molecule has 10 heterocycles. The molecule has 1 aliphatic carbocycles. The summed E-state index contributed by atoms with van der Waals surface area (Å²) >= 11 is 5.93. The lowest BCUT2D eigenvalue weighted by Gasteiger charge is -2.32. The van der Waals surface area contributed by atoms with Crippen molar-refractivity contribution in [3.05, 3.63) is 110 Å². The van der Waals surface area contributed by atoms with Crippen molar-refractivity contribution in [1.29, 1.82) is 5.26 Å². The number of carbonyl (C=O) groups is 3. The summed E-state index contributed by atoms with van der Waals surface area (Å²) in [5, 5.41) is 26.5. The highest BCUT2D eigenvalue weighted by molar-refractivity contribution is 6.62. The maximum absolute atomic E-state index is 12.0. The smallest absolute Gasteiger partial charge is 0.443 e. The number of hydrogen-bond donors (Lipinski definition) is 1. The van der Waals surface area contributed by atoms with Gasteiger partial charge in [0.2, 0.25) is 0 Å². The van der Waals surface area contributed by atoms with Gasteiger partial charge < -0.3 is 33.0 Å². The fraction of sp³-hybridized carbons (Fsp3) is 0.515. The minimum Gasteiger partial charge on any atom is -0.443 e. The SMILES string of the molecule is C.CC(C)(C)C(=O)OCn1ccc2c(-c3cn[nH]c3)ncnc21.CC(C)(C)C(=O)OCn1ccc2c(Cl)ncnc21.CCOC(C)n1cc(-c2ncnc3c2ccn3COC(=O)C(C)(C)C)cn1.CCOC(C)n1cc(B2OC(C)(C)C(C)(C)O2)cn1.N#CC=CC1CCCC1. The van der Waals surface area contributed by atoms with Gasteiger partial charge in [-0.05, 0) is 155 Å². The van der Waals surface area contributed by atoms with E-state index in [-0.39, 0.29) is 76.3 Å². The van der Waals surface area contributed by atoms with Crippen molar-refractivity contribution in [2.24, 2.45) is 22.2 Å². The van der Waals surface area contributed by atoms with Crippen molar-refractivity contribution >= 4 is 75.2 Å². The van der Waals surface area contributed by atoms with Crippen molar-refractivity contribution in [1.82, 2.24) is 73.4 Å². The molecule has 516 valence electrons. The quantitative estimate of drug-likeness (QED) is 0.0309. The molecule has 2 fully saturated rings. The Balaban J connectivity index is 0.000000195. The number of H-pyrrole nitrogens is 1. The molecule has 0 bridgehead atoms. The second-order valence-corrected chi connectivity index (χ2v) is 27.1. The van der Waals surface area contributed by atoms with Crippen LogP contribution in [0.2, 0.25) is 5.15 Å². The van der Waals surface area contributed by atoms with Crippen molar-refractivity contribution < 1.29 is 47.4 Å². The number of carbonyl (C=O) groups excluding carboxylic acids is 3. The summed E-state index contributed by atoms with van der Waals surface area (Å²) in [6.45, 7) is 34.0. The van der Waals surface area contributed by atoms with E-state index in [0.29, 0.717) is 41.2 Å². The van der Waals surface area contributed by atoms with Crippen LogP contribution in [0.3, 0.4) is 0 Å². The van der Waals surface area contributed by atoms with E-state index in [4.69, 9.17) is 49.9 Å². The summed E-state index contributed by atoms with van der Waals surface area (Å²) in [6, 6.07) is 7.63. The zero-order valence-corrected chi connectivity index (χ0v) is 58.4. The number of nitrogens with one attached hydrogen (secondary N) is 1. The second-order valence-electron chi connectivity index (χ2n) is 26.8. The van der Waals surface area contributed by atoms with Crippen LogP contribution in [0.5, 0.6) is 0 Å². The lowest BCUT2D eigenvalue weighted by Crippen LogP contribution is -2.41. The van der Waals surface area contributed by atoms with Crippen LogP contribution in [0.15, 0.2) is 105 Å². The van der Waals surface area contributed by atoms with Crippen molar-refractivity contribution in [3.8, 4) is 28.6 Å². The Labute approximate surface area is 567 Å². The third-order valence-electron chi connectivity index (χ3n) is 15.7. The zero-order chi connectivity index (χ0) is 69.5. The summed E-state index contributed by atoms with van der Waals surface area (Å²) < 4.78 is 47.8. The molecule has 0 aromatic carbocycles. The lowest BCUT2D eigenvalue weighted by molar-refractivity contribution is -0.157. The van der Waals surface area contributed by atoms with Gasteiger partial charge in [-0.25, -0.2) is 39.3 Å². The number of ether oxygens (including phenoxy) is 5. The number of halogens is 1. The van der Waals surface area contributed by atoms with Gasteiger partial charge in [0.25, 0.3) is 0 Å². The molecular formula is C68H94BClN16O10. The average Bonchev–Trinajstić information content (AvgIpc) is 1.64. The number of nitriles is 1. The molecule has 11 rings (SSSR count). The maximum atomic E-state index is 12.0. The molecule has 9 aromatic heterocycles. The van der Waals surface area contributed by atoms with E-state index in [9.17, 15) is 14.4 Å². The molecule has 26 nitrogen and oxygen atoms in total. The second kappa shape index (κ2) is 33.3. The number of fused-ring (bicyclic) bond motifs is 3. The first-order valence-corrected chi connectivity index (χ1v) is 32.0. The van der Waals surface area contributed by atoms with E-state index in [1.165, 1.54) is 44.7 Å². The van der Waals surface area contributed by atoms with E-state index in [1.54, 1.807) is 66.2 Å². The minimum atomic E-state index is -0.547. The van der Waals surface area contributed by atoms with Crippen molar-refractivity contribution in [2.75, 3.05) is 13.2 Å². The van der Waals surface area contributed by atoms with Crippen molar-refractivity contribution in [2.45, 2.75) is 195 Å². The first kappa shape index (κ1) is 76.3. The molecule has 2 atom stereocenters. The van der Waals surface area contributed by atoms with Crippen LogP contribution in [0, 0.1) is 33.5 Å². The fourth-order valence-corrected chi connectivity index (χ4v) is 9.63. The molecule has 0 spiro atoms. The number of rotatable bonds is 16. The molecule has 1 aliphatic heterocycles. The minimum absolute atomic E-state index is 0. The third kappa shape index (κ3) is 20.0. The van der Waals surface area contributed by atoms with E-state index in [2.05, 4.69) is 50.3 Å². The van der Waals surface area contributed by atoms with E-state index < -0.39 is 16.2 Å². The summed E-state index contributed by atoms with van der Waals surface area (Å²) in [6.07, 6.45) is 29.3. The Bertz CT molecular complexity index is 4030. The lowest BCUT2D eigenvalue weighted by atomic mass is 9.82. The van der Waals surface area contributed by atoms with E-state index in [1.807, 2.05) is 167 Å². The highest BCUT2D eigenvalue weighted by Gasteiger charge is 2.52. The summed E-state index contributed by atoms with van der Waals surface area (Å²) in [5.41, 5.74) is 4.06. The van der Waals surface area contributed by atoms with Crippen LogP contribution in [0.1, 0.15) is 163 Å². The molecule has 2 aliphatic rings. The largest absolute Gasteiger partial charge is 0.498 e. The van der Waals surface area contributed by atoms with Gasteiger partial charge in [0.15, 0.2) is 20.2 Å². The summed E-state index contributed by atoms with van der Waals surface area (Å²) in [4.78, 5) is 60.9. The van der Waals surface area contributed by atoms with Gasteiger partial charge in [0.05, 0.1) is 62.7 Å². The van der Waals surface area contributed by atoms with Crippen molar-refractivity contribution in [3.63, 3.8) is 0 Å². The normalized spacial score (nSPS) is 15.0. The van der Waals surface area contributed by atoms with Gasteiger partial charge in [-0.15, -0.1) is 0 Å². The molecule has 1 N–H and O–H groups in total. The number of aromatic nitrogens is 15. The average molecular weight is 1340 g/mol. The Kier molecular flexibility index (Phi) is 26.5. The molecule has 96 heavy (non-hydrogen) atoms. The monoisotopic (exact) mass is 1340 g/mol. The predicted molar refractivity (Wildman–Crippen MR) is 367 cm³/mol. The number of aromatic amines is 1. The number of esters is 3. The van der Waals surface area contributed by atoms with E-state index in [0.717, 1.165) is 44.1 Å². The van der Waals surface area contributed by atoms with Gasteiger partial charge in [-0.2, -0.15) is 20.6 Å². The van der Waals surface area contributed by atoms with Crippen LogP contribution in [0.25, 0.3) is 55.6 Å². The zero-order valence-electron chi connectivity index (χ0n) is 57.7. The molecule has 1 saturated heterocycles. The Morgan fingerprint density at radius 3 is 1.52 bits per heavy atom. The fourth-order valence-electron chi connectivity index (χ4n) is 9.44. The number of allylic oxidation sites excluding steroid dienone is 2. The van der Waals surface area contributed by atoms with Gasteiger partial charge >= 0.3 is 25.0 Å². The highest BCUT2D eigenvalue weighted by Crippen LogP contribution is 2.37. The van der Waals surface area contributed by atoms with Gasteiger partial charge in [0.1, 0.15) is 53.5 Å². The van der Waals surface area contributed by atoms with Crippen LogP contribution < -0.4 is 5.46 Å². The summed E-state index contributed by atoms with van der Waals surface area (Å²) in [7, 11) is -0.368. The van der Waals surface area contributed by atoms with Crippen LogP contribution in [-0.2, 0) is 67.6 Å². The molecular weight excluding hydrogens is 1250 g/mol. The number of hydrogen-bond acceptors (Lipinski definition) is 20. The Morgan fingerprint density at radius 1 is 0.656 bits per heavy atom. The molecule has 9 aromatic rings. The first-order chi connectivity index (χ1) is 44.9.